The van der Waals surface area contributed by atoms with Crippen molar-refractivity contribution in [2.24, 2.45) is 5.73 Å². The molecule has 0 spiro atoms. The number of allylic oxidation sites excluding steroid dienone is 2. The van der Waals surface area contributed by atoms with E-state index in [4.69, 9.17) is 22.2 Å². The van der Waals surface area contributed by atoms with Gasteiger partial charge < -0.3 is 5.73 Å². The molecule has 1 heterocycles. The monoisotopic (exact) mass is 332 g/mol. The second-order valence-electron chi connectivity index (χ2n) is 5.74. The third-order valence-corrected chi connectivity index (χ3v) is 4.50. The maximum absolute atomic E-state index is 10.3. The van der Waals surface area contributed by atoms with Gasteiger partial charge in [-0.3, -0.25) is 5.21 Å². The van der Waals surface area contributed by atoms with Crippen molar-refractivity contribution in [3.63, 3.8) is 0 Å². The van der Waals surface area contributed by atoms with Crippen molar-refractivity contribution in [2.45, 2.75) is 38.8 Å². The molecule has 1 atom stereocenters. The Hall–Kier alpha value is -1.59. The highest BCUT2D eigenvalue weighted by Crippen LogP contribution is 2.39. The topological polar surface area (TPSA) is 58.7 Å². The Kier molecular flexibility index (Phi) is 4.87. The van der Waals surface area contributed by atoms with Crippen molar-refractivity contribution >= 4 is 17.3 Å². The van der Waals surface area contributed by atoms with E-state index in [1.165, 1.54) is 5.56 Å². The third kappa shape index (κ3) is 3.08. The number of hydroxylamine groups is 2. The van der Waals surface area contributed by atoms with E-state index in [0.29, 0.717) is 17.3 Å². The van der Waals surface area contributed by atoms with Gasteiger partial charge in [-0.25, -0.2) is 4.84 Å². The molecule has 122 valence electrons. The van der Waals surface area contributed by atoms with Gasteiger partial charge in [-0.1, -0.05) is 49.2 Å². The van der Waals surface area contributed by atoms with Crippen LogP contribution in [0.15, 0.2) is 47.0 Å². The van der Waals surface area contributed by atoms with E-state index < -0.39 is 0 Å². The van der Waals surface area contributed by atoms with Gasteiger partial charge in [0.1, 0.15) is 11.8 Å². The molecule has 0 aromatic heterocycles. The third-order valence-electron chi connectivity index (χ3n) is 4.25. The molecule has 0 fully saturated rings. The standard InChI is InChI=1S/C18H21ClN2O2/c1-2-3-6-14-12(11-20)5-4-7-15(14)18-16-9-8-13(19)10-17(16)23-21(18)22/h4-5,7-10,17,22H,2-3,6,11,20H2,1H3. The summed E-state index contributed by atoms with van der Waals surface area (Å²) in [6, 6.07) is 6.02. The van der Waals surface area contributed by atoms with Crippen LogP contribution in [0.4, 0.5) is 0 Å². The highest BCUT2D eigenvalue weighted by molar-refractivity contribution is 6.31. The van der Waals surface area contributed by atoms with E-state index in [1.807, 2.05) is 30.4 Å². The predicted molar refractivity (Wildman–Crippen MR) is 91.4 cm³/mol. The number of hydrogen-bond donors (Lipinski definition) is 2. The Morgan fingerprint density at radius 2 is 2.17 bits per heavy atom. The molecular weight excluding hydrogens is 312 g/mol. The fourth-order valence-corrected chi connectivity index (χ4v) is 3.26. The summed E-state index contributed by atoms with van der Waals surface area (Å²) in [5.74, 6) is 0. The van der Waals surface area contributed by atoms with E-state index in [-0.39, 0.29) is 6.10 Å². The van der Waals surface area contributed by atoms with Crippen LogP contribution < -0.4 is 5.73 Å². The van der Waals surface area contributed by atoms with Crippen LogP contribution >= 0.6 is 11.6 Å². The van der Waals surface area contributed by atoms with Gasteiger partial charge >= 0.3 is 0 Å². The smallest absolute Gasteiger partial charge is 0.135 e. The lowest BCUT2D eigenvalue weighted by atomic mass is 9.91. The lowest BCUT2D eigenvalue weighted by Gasteiger charge is -2.18. The van der Waals surface area contributed by atoms with Gasteiger partial charge in [-0.05, 0) is 36.1 Å². The summed E-state index contributed by atoms with van der Waals surface area (Å²) in [5, 5.41) is 11.8. The molecule has 1 aromatic rings. The van der Waals surface area contributed by atoms with Gasteiger partial charge in [0, 0.05) is 22.7 Å². The van der Waals surface area contributed by atoms with E-state index in [0.717, 1.165) is 41.2 Å². The number of rotatable bonds is 5. The van der Waals surface area contributed by atoms with E-state index in [9.17, 15) is 5.21 Å². The Morgan fingerprint density at radius 3 is 2.91 bits per heavy atom. The number of nitrogens with two attached hydrogens (primary N) is 1. The summed E-state index contributed by atoms with van der Waals surface area (Å²) in [6.07, 6.45) is 8.24. The van der Waals surface area contributed by atoms with Gasteiger partial charge in [0.25, 0.3) is 0 Å². The van der Waals surface area contributed by atoms with Crippen molar-refractivity contribution in [3.8, 4) is 0 Å². The maximum atomic E-state index is 10.3. The number of halogens is 1. The predicted octanol–water partition coefficient (Wildman–Crippen LogP) is 3.90. The van der Waals surface area contributed by atoms with Gasteiger partial charge in [0.05, 0.1) is 0 Å². The van der Waals surface area contributed by atoms with E-state index in [2.05, 4.69) is 6.92 Å². The molecule has 1 aromatic carbocycles. The molecule has 0 amide bonds. The van der Waals surface area contributed by atoms with Gasteiger partial charge in [-0.15, -0.1) is 5.23 Å². The van der Waals surface area contributed by atoms with E-state index >= 15 is 0 Å². The maximum Gasteiger partial charge on any atom is 0.135 e. The summed E-state index contributed by atoms with van der Waals surface area (Å²) >= 11 is 6.03. The fraction of sp³-hybridized carbons (Fsp3) is 0.333. The first-order valence-electron chi connectivity index (χ1n) is 7.92. The quantitative estimate of drug-likeness (QED) is 0.858. The number of fused-ring (bicyclic) bond motifs is 1. The fourth-order valence-electron chi connectivity index (χ4n) is 3.08. The number of unbranched alkanes of at least 4 members (excludes halogenated alkanes) is 1. The van der Waals surface area contributed by atoms with Gasteiger partial charge in [-0.2, -0.15) is 0 Å². The molecule has 0 bridgehead atoms. The number of hydrogen-bond acceptors (Lipinski definition) is 4. The van der Waals surface area contributed by atoms with Crippen LogP contribution in [0, 0.1) is 0 Å². The van der Waals surface area contributed by atoms with Crippen LogP contribution in [-0.2, 0) is 17.8 Å². The number of benzene rings is 1. The molecule has 1 unspecified atom stereocenters. The zero-order chi connectivity index (χ0) is 16.4. The Balaban J connectivity index is 2.11. The molecule has 0 radical (unpaired) electrons. The Morgan fingerprint density at radius 1 is 1.35 bits per heavy atom. The largest absolute Gasteiger partial charge is 0.326 e. The molecule has 3 rings (SSSR count). The van der Waals surface area contributed by atoms with Crippen LogP contribution in [-0.4, -0.2) is 16.5 Å². The molecule has 4 nitrogen and oxygen atoms in total. The van der Waals surface area contributed by atoms with Crippen molar-refractivity contribution in [1.82, 2.24) is 5.23 Å². The van der Waals surface area contributed by atoms with Gasteiger partial charge in [0.2, 0.25) is 0 Å². The first kappa shape index (κ1) is 16.3. The minimum Gasteiger partial charge on any atom is -0.326 e. The number of nitrogens with zero attached hydrogens (tertiary/aromatic N) is 1. The molecule has 23 heavy (non-hydrogen) atoms. The normalized spacial score (nSPS) is 20.1. The minimum absolute atomic E-state index is 0.354. The summed E-state index contributed by atoms with van der Waals surface area (Å²) < 4.78 is 0. The molecule has 5 heteroatoms. The average molecular weight is 333 g/mol. The second kappa shape index (κ2) is 6.89. The zero-order valence-electron chi connectivity index (χ0n) is 13.1. The van der Waals surface area contributed by atoms with Crippen molar-refractivity contribution in [1.29, 1.82) is 0 Å². The molecule has 3 N–H and O–H groups in total. The molecule has 2 aliphatic rings. The molecule has 0 saturated carbocycles. The molecule has 1 aliphatic carbocycles. The Labute approximate surface area is 141 Å². The lowest BCUT2D eigenvalue weighted by molar-refractivity contribution is -0.290. The second-order valence-corrected chi connectivity index (χ2v) is 6.18. The van der Waals surface area contributed by atoms with Gasteiger partial charge in [0.15, 0.2) is 0 Å². The van der Waals surface area contributed by atoms with Crippen LogP contribution in [0.3, 0.4) is 0 Å². The first-order valence-corrected chi connectivity index (χ1v) is 8.30. The lowest BCUT2D eigenvalue weighted by Crippen LogP contribution is -2.17. The Bertz CT molecular complexity index is 694. The van der Waals surface area contributed by atoms with Crippen LogP contribution in [0.2, 0.25) is 0 Å². The van der Waals surface area contributed by atoms with E-state index in [1.54, 1.807) is 6.08 Å². The first-order chi connectivity index (χ1) is 11.2. The van der Waals surface area contributed by atoms with Crippen LogP contribution in [0.25, 0.3) is 5.70 Å². The summed E-state index contributed by atoms with van der Waals surface area (Å²) in [4.78, 5) is 5.51. The molecule has 1 aliphatic heterocycles. The van der Waals surface area contributed by atoms with Crippen LogP contribution in [0.1, 0.15) is 36.5 Å². The molecular formula is C18H21ClN2O2. The summed E-state index contributed by atoms with van der Waals surface area (Å²) in [7, 11) is 0. The van der Waals surface area contributed by atoms with Crippen molar-refractivity contribution in [2.75, 3.05) is 0 Å². The molecule has 0 saturated heterocycles. The SMILES string of the molecule is CCCCc1c(CN)cccc1C1=C2C=CC(Cl)=CC2ON1O. The van der Waals surface area contributed by atoms with Crippen LogP contribution in [0.5, 0.6) is 0 Å². The minimum atomic E-state index is -0.354. The average Bonchev–Trinajstić information content (AvgIpc) is 2.87. The van der Waals surface area contributed by atoms with Crippen molar-refractivity contribution in [3.05, 3.63) is 63.7 Å². The highest BCUT2D eigenvalue weighted by atomic mass is 35.5. The summed E-state index contributed by atoms with van der Waals surface area (Å²) in [6.45, 7) is 2.64. The zero-order valence-corrected chi connectivity index (χ0v) is 13.9. The summed E-state index contributed by atoms with van der Waals surface area (Å²) in [5.41, 5.74) is 10.7. The highest BCUT2D eigenvalue weighted by Gasteiger charge is 2.33. The van der Waals surface area contributed by atoms with Crippen molar-refractivity contribution < 1.29 is 10.0 Å².